The van der Waals surface area contributed by atoms with Gasteiger partial charge in [-0.2, -0.15) is 0 Å². The number of halogens is 1. The Balaban J connectivity index is 1.95. The fourth-order valence-electron chi connectivity index (χ4n) is 4.66. The van der Waals surface area contributed by atoms with Gasteiger partial charge in [0.2, 0.25) is 0 Å². The molecule has 132 valence electrons. The Morgan fingerprint density at radius 1 is 1.24 bits per heavy atom. The molecule has 0 aromatic heterocycles. The number of likely N-dealkylation sites (N-methyl/N-ethyl adjacent to an activating group) is 1. The van der Waals surface area contributed by atoms with Gasteiger partial charge in [-0.1, -0.05) is 6.92 Å². The van der Waals surface area contributed by atoms with Crippen LogP contribution in [0.15, 0.2) is 24.3 Å². The lowest BCUT2D eigenvalue weighted by atomic mass is 9.71. The first kappa shape index (κ1) is 16.4. The summed E-state index contributed by atoms with van der Waals surface area (Å²) in [5, 5.41) is 9.98. The van der Waals surface area contributed by atoms with Crippen LogP contribution >= 0.6 is 0 Å². The Kier molecular flexibility index (Phi) is 3.95. The third kappa shape index (κ3) is 2.51. The zero-order valence-corrected chi connectivity index (χ0v) is 15.0. The van der Waals surface area contributed by atoms with E-state index >= 15 is 0 Å². The molecule has 1 aliphatic heterocycles. The molecule has 1 aliphatic carbocycles. The fourth-order valence-corrected chi connectivity index (χ4v) is 4.66. The fraction of sp³-hybridized carbons (Fsp3) is 0.429. The van der Waals surface area contributed by atoms with Crippen molar-refractivity contribution in [2.24, 2.45) is 0 Å². The van der Waals surface area contributed by atoms with E-state index in [-0.39, 0.29) is 11.7 Å². The molecule has 2 aromatic rings. The van der Waals surface area contributed by atoms with Crippen LogP contribution in [0.5, 0.6) is 11.5 Å². The molecule has 4 heteroatoms. The minimum absolute atomic E-state index is 0.146. The van der Waals surface area contributed by atoms with Gasteiger partial charge in [0.05, 0.1) is 7.11 Å². The van der Waals surface area contributed by atoms with E-state index in [2.05, 4.69) is 30.9 Å². The minimum atomic E-state index is -0.526. The van der Waals surface area contributed by atoms with Crippen molar-refractivity contribution >= 4 is 0 Å². The highest BCUT2D eigenvalue weighted by Gasteiger charge is 2.40. The summed E-state index contributed by atoms with van der Waals surface area (Å²) >= 11 is 0. The van der Waals surface area contributed by atoms with Gasteiger partial charge in [0.15, 0.2) is 11.6 Å². The molecule has 2 aromatic carbocycles. The van der Waals surface area contributed by atoms with E-state index in [0.717, 1.165) is 42.8 Å². The second-order valence-electron chi connectivity index (χ2n) is 7.16. The van der Waals surface area contributed by atoms with Gasteiger partial charge in [-0.05, 0) is 78.4 Å². The summed E-state index contributed by atoms with van der Waals surface area (Å²) in [5.41, 5.74) is 5.90. The van der Waals surface area contributed by atoms with E-state index in [1.165, 1.54) is 22.8 Å². The van der Waals surface area contributed by atoms with Crippen molar-refractivity contribution in [3.63, 3.8) is 0 Å². The smallest absolute Gasteiger partial charge is 0.165 e. The standard InChI is InChI=1S/C21H24FNO2/c1-4-23-11-17-12(2)7-14(25-3)9-16(17)21-15-10-20(24)18(22)8-13(15)5-6-19(21)23/h7-10,19,21,24H,4-6,11H2,1-3H3/t19-,21+/m0/s1. The maximum absolute atomic E-state index is 13.9. The highest BCUT2D eigenvalue weighted by molar-refractivity contribution is 5.53. The third-order valence-electron chi connectivity index (χ3n) is 5.93. The maximum Gasteiger partial charge on any atom is 0.165 e. The summed E-state index contributed by atoms with van der Waals surface area (Å²) in [7, 11) is 1.69. The van der Waals surface area contributed by atoms with E-state index in [0.29, 0.717) is 6.04 Å². The van der Waals surface area contributed by atoms with Gasteiger partial charge in [0.25, 0.3) is 0 Å². The monoisotopic (exact) mass is 341 g/mol. The molecule has 2 atom stereocenters. The SMILES string of the molecule is CCN1Cc2c(C)cc(OC)cc2[C@H]2c3cc(O)c(F)cc3CC[C@@H]21. The van der Waals surface area contributed by atoms with Gasteiger partial charge in [0, 0.05) is 18.5 Å². The van der Waals surface area contributed by atoms with Crippen LogP contribution in [0.2, 0.25) is 0 Å². The van der Waals surface area contributed by atoms with Crippen molar-refractivity contribution in [2.75, 3.05) is 13.7 Å². The molecule has 0 amide bonds. The van der Waals surface area contributed by atoms with Crippen molar-refractivity contribution in [3.8, 4) is 11.5 Å². The first-order chi connectivity index (χ1) is 12.0. The molecule has 2 aliphatic rings. The first-order valence-corrected chi connectivity index (χ1v) is 8.96. The number of fused-ring (bicyclic) bond motifs is 5. The van der Waals surface area contributed by atoms with Crippen LogP contribution < -0.4 is 4.74 Å². The second kappa shape index (κ2) is 6.03. The van der Waals surface area contributed by atoms with Crippen molar-refractivity contribution in [2.45, 2.75) is 45.2 Å². The zero-order valence-electron chi connectivity index (χ0n) is 15.0. The van der Waals surface area contributed by atoms with Crippen LogP contribution in [0.3, 0.4) is 0 Å². The molecule has 25 heavy (non-hydrogen) atoms. The van der Waals surface area contributed by atoms with Gasteiger partial charge in [-0.3, -0.25) is 4.90 Å². The van der Waals surface area contributed by atoms with Crippen LogP contribution in [0, 0.1) is 12.7 Å². The quantitative estimate of drug-likeness (QED) is 0.891. The van der Waals surface area contributed by atoms with Gasteiger partial charge >= 0.3 is 0 Å². The highest BCUT2D eigenvalue weighted by atomic mass is 19.1. The Labute approximate surface area is 148 Å². The summed E-state index contributed by atoms with van der Waals surface area (Å²) in [4.78, 5) is 2.51. The summed E-state index contributed by atoms with van der Waals surface area (Å²) in [6.45, 7) is 6.24. The number of phenolic OH excluding ortho intramolecular Hbond substituents is 1. The molecule has 0 saturated carbocycles. The lowest BCUT2D eigenvalue weighted by Crippen LogP contribution is -2.46. The van der Waals surface area contributed by atoms with Crippen LogP contribution in [0.4, 0.5) is 4.39 Å². The molecule has 0 saturated heterocycles. The van der Waals surface area contributed by atoms with Crippen molar-refractivity contribution in [3.05, 3.63) is 57.9 Å². The molecule has 3 nitrogen and oxygen atoms in total. The molecular weight excluding hydrogens is 317 g/mol. The van der Waals surface area contributed by atoms with E-state index < -0.39 is 5.82 Å². The Hall–Kier alpha value is -2.07. The number of nitrogens with zero attached hydrogens (tertiary/aromatic N) is 1. The third-order valence-corrected chi connectivity index (χ3v) is 5.93. The van der Waals surface area contributed by atoms with Crippen LogP contribution in [0.25, 0.3) is 0 Å². The lowest BCUT2D eigenvalue weighted by molar-refractivity contribution is 0.148. The molecule has 0 bridgehead atoms. The van der Waals surface area contributed by atoms with E-state index in [1.807, 2.05) is 0 Å². The largest absolute Gasteiger partial charge is 0.505 e. The lowest BCUT2D eigenvalue weighted by Gasteiger charge is -2.46. The summed E-state index contributed by atoms with van der Waals surface area (Å²) < 4.78 is 19.4. The van der Waals surface area contributed by atoms with Gasteiger partial charge in [0.1, 0.15) is 5.75 Å². The number of hydrogen-bond donors (Lipinski definition) is 1. The van der Waals surface area contributed by atoms with Crippen molar-refractivity contribution < 1.29 is 14.2 Å². The van der Waals surface area contributed by atoms with E-state index in [9.17, 15) is 9.50 Å². The van der Waals surface area contributed by atoms with E-state index in [1.54, 1.807) is 13.2 Å². The van der Waals surface area contributed by atoms with Crippen LogP contribution in [0.1, 0.15) is 47.1 Å². The average Bonchev–Trinajstić information content (AvgIpc) is 2.61. The zero-order chi connectivity index (χ0) is 17.7. The number of aromatic hydroxyl groups is 1. The summed E-state index contributed by atoms with van der Waals surface area (Å²) in [6.07, 6.45) is 1.86. The topological polar surface area (TPSA) is 32.7 Å². The normalized spacial score (nSPS) is 22.1. The van der Waals surface area contributed by atoms with Crippen molar-refractivity contribution in [1.82, 2.24) is 4.90 Å². The number of rotatable bonds is 2. The highest BCUT2D eigenvalue weighted by Crippen LogP contribution is 2.47. The maximum atomic E-state index is 13.9. The molecule has 4 rings (SSSR count). The van der Waals surface area contributed by atoms with Crippen LogP contribution in [-0.4, -0.2) is 29.7 Å². The number of methoxy groups -OCH3 is 1. The molecule has 1 N–H and O–H groups in total. The Bertz CT molecular complexity index is 833. The molecule has 0 spiro atoms. The summed E-state index contributed by atoms with van der Waals surface area (Å²) in [5.74, 6) is 0.225. The molecular formula is C21H24FNO2. The van der Waals surface area contributed by atoms with E-state index in [4.69, 9.17) is 4.74 Å². The predicted molar refractivity (Wildman–Crippen MR) is 95.8 cm³/mol. The second-order valence-corrected chi connectivity index (χ2v) is 7.16. The number of hydrogen-bond acceptors (Lipinski definition) is 3. The number of phenols is 1. The number of aryl methyl sites for hydroxylation is 2. The Morgan fingerprint density at radius 3 is 2.76 bits per heavy atom. The van der Waals surface area contributed by atoms with Gasteiger partial charge < -0.3 is 9.84 Å². The Morgan fingerprint density at radius 2 is 2.04 bits per heavy atom. The van der Waals surface area contributed by atoms with Crippen molar-refractivity contribution in [1.29, 1.82) is 0 Å². The average molecular weight is 341 g/mol. The summed E-state index contributed by atoms with van der Waals surface area (Å²) in [6, 6.07) is 7.74. The molecule has 1 heterocycles. The molecule has 0 radical (unpaired) electrons. The van der Waals surface area contributed by atoms with Gasteiger partial charge in [-0.25, -0.2) is 4.39 Å². The number of ether oxygens (including phenoxy) is 1. The van der Waals surface area contributed by atoms with Crippen LogP contribution in [-0.2, 0) is 13.0 Å². The minimum Gasteiger partial charge on any atom is -0.505 e. The number of benzene rings is 2. The molecule has 0 fully saturated rings. The first-order valence-electron chi connectivity index (χ1n) is 8.96. The van der Waals surface area contributed by atoms with Gasteiger partial charge in [-0.15, -0.1) is 0 Å². The predicted octanol–water partition coefficient (Wildman–Crippen LogP) is 4.13. The molecule has 0 unspecified atom stereocenters.